The number of aromatic nitrogens is 1. The Hall–Kier alpha value is -1.62. The Labute approximate surface area is 88.1 Å². The summed E-state index contributed by atoms with van der Waals surface area (Å²) in [5.41, 5.74) is 1.02. The number of ether oxygens (including phenoxy) is 1. The van der Waals surface area contributed by atoms with Crippen molar-refractivity contribution in [1.29, 1.82) is 0 Å². The largest absolute Gasteiger partial charge is 0.481 e. The molecular formula is C10H14N2O3. The first kappa shape index (κ1) is 11.5. The van der Waals surface area contributed by atoms with Crippen molar-refractivity contribution in [3.8, 4) is 5.88 Å². The minimum atomic E-state index is -0.796. The van der Waals surface area contributed by atoms with E-state index in [0.717, 1.165) is 5.56 Å². The molecule has 0 spiro atoms. The number of nitrogens with zero attached hydrogens (tertiary/aromatic N) is 1. The fourth-order valence-electron chi connectivity index (χ4n) is 1.10. The number of carboxylic acids is 1. The molecule has 15 heavy (non-hydrogen) atoms. The molecule has 0 atom stereocenters. The quantitative estimate of drug-likeness (QED) is 0.675. The summed E-state index contributed by atoms with van der Waals surface area (Å²) < 4.78 is 4.97. The number of hydrogen-bond donors (Lipinski definition) is 2. The standard InChI is InChI=1S/C10H14N2O3/c1-15-9-6-8(2-5-12-9)7-11-4-3-10(13)14/h2,5-6,11H,3-4,7H2,1H3,(H,13,14). The first-order valence-electron chi connectivity index (χ1n) is 4.64. The average molecular weight is 210 g/mol. The topological polar surface area (TPSA) is 71.5 Å². The minimum absolute atomic E-state index is 0.127. The van der Waals surface area contributed by atoms with Crippen molar-refractivity contribution in [2.24, 2.45) is 0 Å². The Bertz CT molecular complexity index is 328. The predicted octanol–water partition coefficient (Wildman–Crippen LogP) is 0.654. The van der Waals surface area contributed by atoms with Crippen LogP contribution in [-0.4, -0.2) is 29.7 Å². The molecule has 1 aromatic heterocycles. The lowest BCUT2D eigenvalue weighted by Crippen LogP contribution is -2.17. The zero-order valence-corrected chi connectivity index (χ0v) is 8.56. The van der Waals surface area contributed by atoms with Gasteiger partial charge in [-0.3, -0.25) is 4.79 Å². The summed E-state index contributed by atoms with van der Waals surface area (Å²) in [6.07, 6.45) is 1.79. The van der Waals surface area contributed by atoms with E-state index in [1.54, 1.807) is 13.3 Å². The predicted molar refractivity (Wildman–Crippen MR) is 54.7 cm³/mol. The maximum absolute atomic E-state index is 10.2. The van der Waals surface area contributed by atoms with Crippen LogP contribution < -0.4 is 10.1 Å². The molecule has 0 saturated carbocycles. The van der Waals surface area contributed by atoms with E-state index in [9.17, 15) is 4.79 Å². The van der Waals surface area contributed by atoms with Crippen LogP contribution in [0.3, 0.4) is 0 Å². The highest BCUT2D eigenvalue weighted by atomic mass is 16.5. The smallest absolute Gasteiger partial charge is 0.304 e. The normalized spacial score (nSPS) is 9.93. The van der Waals surface area contributed by atoms with Gasteiger partial charge >= 0.3 is 5.97 Å². The molecule has 0 amide bonds. The van der Waals surface area contributed by atoms with Gasteiger partial charge in [0.1, 0.15) is 0 Å². The van der Waals surface area contributed by atoms with Crippen LogP contribution in [0.1, 0.15) is 12.0 Å². The van der Waals surface area contributed by atoms with E-state index in [-0.39, 0.29) is 6.42 Å². The van der Waals surface area contributed by atoms with E-state index < -0.39 is 5.97 Å². The van der Waals surface area contributed by atoms with Gasteiger partial charge in [-0.1, -0.05) is 0 Å². The molecule has 5 heteroatoms. The van der Waals surface area contributed by atoms with E-state index in [0.29, 0.717) is 19.0 Å². The summed E-state index contributed by atoms with van der Waals surface area (Å²) in [6, 6.07) is 3.67. The lowest BCUT2D eigenvalue weighted by Gasteiger charge is -2.04. The summed E-state index contributed by atoms with van der Waals surface area (Å²) in [4.78, 5) is 14.2. The van der Waals surface area contributed by atoms with Crippen LogP contribution in [0, 0.1) is 0 Å². The monoisotopic (exact) mass is 210 g/mol. The van der Waals surface area contributed by atoms with Gasteiger partial charge in [-0.2, -0.15) is 0 Å². The van der Waals surface area contributed by atoms with Gasteiger partial charge in [-0.25, -0.2) is 4.98 Å². The number of nitrogens with one attached hydrogen (secondary N) is 1. The maximum atomic E-state index is 10.2. The van der Waals surface area contributed by atoms with E-state index in [2.05, 4.69) is 10.3 Å². The van der Waals surface area contributed by atoms with Gasteiger partial charge in [0, 0.05) is 25.4 Å². The van der Waals surface area contributed by atoms with Gasteiger partial charge in [0.25, 0.3) is 0 Å². The molecule has 0 aliphatic rings. The number of hydrogen-bond acceptors (Lipinski definition) is 4. The van der Waals surface area contributed by atoms with Crippen LogP contribution >= 0.6 is 0 Å². The summed E-state index contributed by atoms with van der Waals surface area (Å²) in [5, 5.41) is 11.4. The van der Waals surface area contributed by atoms with Crippen LogP contribution in [0.2, 0.25) is 0 Å². The second kappa shape index (κ2) is 5.98. The summed E-state index contributed by atoms with van der Waals surface area (Å²) >= 11 is 0. The molecular weight excluding hydrogens is 196 g/mol. The average Bonchev–Trinajstić information content (AvgIpc) is 2.24. The highest BCUT2D eigenvalue weighted by Gasteiger charge is 1.98. The molecule has 1 aromatic rings. The lowest BCUT2D eigenvalue weighted by atomic mass is 10.2. The third-order valence-corrected chi connectivity index (χ3v) is 1.85. The SMILES string of the molecule is COc1cc(CNCCC(=O)O)ccn1. The van der Waals surface area contributed by atoms with Crippen molar-refractivity contribution >= 4 is 5.97 Å². The number of carboxylic acid groups (broad SMARTS) is 1. The number of rotatable bonds is 6. The Morgan fingerprint density at radius 3 is 3.13 bits per heavy atom. The fraction of sp³-hybridized carbons (Fsp3) is 0.400. The molecule has 0 aliphatic carbocycles. The zero-order valence-electron chi connectivity index (χ0n) is 8.56. The van der Waals surface area contributed by atoms with Gasteiger partial charge in [0.15, 0.2) is 0 Å². The Morgan fingerprint density at radius 2 is 2.47 bits per heavy atom. The molecule has 82 valence electrons. The number of carbonyl (C=O) groups is 1. The number of aliphatic carboxylic acids is 1. The summed E-state index contributed by atoms with van der Waals surface area (Å²) in [7, 11) is 1.56. The highest BCUT2D eigenvalue weighted by molar-refractivity contribution is 5.66. The second-order valence-corrected chi connectivity index (χ2v) is 3.03. The molecule has 0 fully saturated rings. The number of pyridine rings is 1. The van der Waals surface area contributed by atoms with Crippen molar-refractivity contribution in [3.63, 3.8) is 0 Å². The van der Waals surface area contributed by atoms with Gasteiger partial charge in [-0.05, 0) is 11.6 Å². The summed E-state index contributed by atoms with van der Waals surface area (Å²) in [6.45, 7) is 1.08. The molecule has 0 aromatic carbocycles. The molecule has 5 nitrogen and oxygen atoms in total. The lowest BCUT2D eigenvalue weighted by molar-refractivity contribution is -0.136. The fourth-order valence-corrected chi connectivity index (χ4v) is 1.10. The molecule has 2 N–H and O–H groups in total. The third-order valence-electron chi connectivity index (χ3n) is 1.85. The van der Waals surface area contributed by atoms with Gasteiger partial charge in [0.05, 0.1) is 13.5 Å². The second-order valence-electron chi connectivity index (χ2n) is 3.03. The van der Waals surface area contributed by atoms with Crippen molar-refractivity contribution in [1.82, 2.24) is 10.3 Å². The van der Waals surface area contributed by atoms with Crippen molar-refractivity contribution in [3.05, 3.63) is 23.9 Å². The first-order valence-corrected chi connectivity index (χ1v) is 4.64. The Kier molecular flexibility index (Phi) is 4.56. The first-order chi connectivity index (χ1) is 7.22. The summed E-state index contributed by atoms with van der Waals surface area (Å²) in [5.74, 6) is -0.234. The van der Waals surface area contributed by atoms with Gasteiger partial charge < -0.3 is 15.2 Å². The molecule has 1 heterocycles. The molecule has 0 bridgehead atoms. The van der Waals surface area contributed by atoms with E-state index in [4.69, 9.17) is 9.84 Å². The Morgan fingerprint density at radius 1 is 1.67 bits per heavy atom. The number of methoxy groups -OCH3 is 1. The van der Waals surface area contributed by atoms with Crippen LogP contribution in [0.4, 0.5) is 0 Å². The van der Waals surface area contributed by atoms with Crippen molar-refractivity contribution < 1.29 is 14.6 Å². The zero-order chi connectivity index (χ0) is 11.1. The minimum Gasteiger partial charge on any atom is -0.481 e. The molecule has 0 unspecified atom stereocenters. The maximum Gasteiger partial charge on any atom is 0.304 e. The van der Waals surface area contributed by atoms with Crippen LogP contribution in [0.15, 0.2) is 18.3 Å². The molecule has 0 saturated heterocycles. The van der Waals surface area contributed by atoms with E-state index in [1.807, 2.05) is 12.1 Å². The highest BCUT2D eigenvalue weighted by Crippen LogP contribution is 2.07. The van der Waals surface area contributed by atoms with Gasteiger partial charge in [0.2, 0.25) is 5.88 Å². The molecule has 1 rings (SSSR count). The van der Waals surface area contributed by atoms with Crippen LogP contribution in [0.5, 0.6) is 5.88 Å². The van der Waals surface area contributed by atoms with Crippen LogP contribution in [-0.2, 0) is 11.3 Å². The van der Waals surface area contributed by atoms with Gasteiger partial charge in [-0.15, -0.1) is 0 Å². The van der Waals surface area contributed by atoms with Crippen LogP contribution in [0.25, 0.3) is 0 Å². The van der Waals surface area contributed by atoms with Crippen molar-refractivity contribution in [2.75, 3.05) is 13.7 Å². The molecule has 0 aliphatic heterocycles. The molecule has 0 radical (unpaired) electrons. The van der Waals surface area contributed by atoms with E-state index in [1.165, 1.54) is 0 Å². The van der Waals surface area contributed by atoms with Crippen molar-refractivity contribution in [2.45, 2.75) is 13.0 Å². The Balaban J connectivity index is 2.33. The van der Waals surface area contributed by atoms with E-state index >= 15 is 0 Å². The third kappa shape index (κ3) is 4.42.